The molecule has 0 saturated carbocycles. The molecule has 0 saturated heterocycles. The quantitative estimate of drug-likeness (QED) is 0.550. The minimum absolute atomic E-state index is 0.0122. The van der Waals surface area contributed by atoms with E-state index in [2.05, 4.69) is 0 Å². The Balaban J connectivity index is 3.44. The first-order valence-electron chi connectivity index (χ1n) is 5.11. The lowest BCUT2D eigenvalue weighted by molar-refractivity contribution is -0.135. The van der Waals surface area contributed by atoms with Crippen molar-refractivity contribution in [3.05, 3.63) is 0 Å². The highest BCUT2D eigenvalue weighted by Gasteiger charge is 2.07. The predicted molar refractivity (Wildman–Crippen MR) is 55.2 cm³/mol. The molecule has 1 amide bonds. The molecule has 0 unspecified atom stereocenters. The van der Waals surface area contributed by atoms with Gasteiger partial charge in [0.25, 0.3) is 0 Å². The maximum Gasteiger partial charge on any atom is 0.248 e. The number of likely N-dealkylation sites (N-methyl/N-ethyl adjacent to an activating group) is 1. The molecule has 0 aliphatic heterocycles. The van der Waals surface area contributed by atoms with Crippen LogP contribution in [0.1, 0.15) is 20.3 Å². The van der Waals surface area contributed by atoms with Gasteiger partial charge in [-0.05, 0) is 13.3 Å². The molecule has 4 heteroatoms. The first kappa shape index (κ1) is 13.4. The number of ether oxygens (including phenoxy) is 2. The second-order valence-electron chi connectivity index (χ2n) is 3.06. The molecule has 0 aromatic rings. The van der Waals surface area contributed by atoms with E-state index in [4.69, 9.17) is 9.47 Å². The van der Waals surface area contributed by atoms with Crippen molar-refractivity contribution >= 4 is 5.91 Å². The number of amides is 1. The molecule has 0 aromatic carbocycles. The van der Waals surface area contributed by atoms with Crippen molar-refractivity contribution in [1.29, 1.82) is 0 Å². The smallest absolute Gasteiger partial charge is 0.248 e. The summed E-state index contributed by atoms with van der Waals surface area (Å²) < 4.78 is 10.3. The Morgan fingerprint density at radius 3 is 2.50 bits per heavy atom. The fraction of sp³-hybridized carbons (Fsp3) is 0.900. The number of carbonyl (C=O) groups is 1. The zero-order valence-corrected chi connectivity index (χ0v) is 9.41. The molecule has 0 radical (unpaired) electrons. The fourth-order valence-electron chi connectivity index (χ4n) is 0.885. The summed E-state index contributed by atoms with van der Waals surface area (Å²) in [7, 11) is 1.76. The molecule has 4 nitrogen and oxygen atoms in total. The molecule has 0 aliphatic carbocycles. The van der Waals surface area contributed by atoms with Crippen LogP contribution < -0.4 is 0 Å². The molecule has 0 fully saturated rings. The summed E-state index contributed by atoms with van der Waals surface area (Å²) in [5.41, 5.74) is 0. The van der Waals surface area contributed by atoms with Gasteiger partial charge in [0, 0.05) is 26.8 Å². The maximum atomic E-state index is 11.4. The van der Waals surface area contributed by atoms with E-state index in [1.165, 1.54) is 0 Å². The molecule has 14 heavy (non-hydrogen) atoms. The number of hydrogen-bond acceptors (Lipinski definition) is 3. The molecule has 84 valence electrons. The summed E-state index contributed by atoms with van der Waals surface area (Å²) in [6.07, 6.45) is 0.940. The number of rotatable bonds is 8. The van der Waals surface area contributed by atoms with Crippen LogP contribution >= 0.6 is 0 Å². The predicted octanol–water partition coefficient (Wildman–Crippen LogP) is 0.908. The lowest BCUT2D eigenvalue weighted by Gasteiger charge is -2.16. The van der Waals surface area contributed by atoms with Crippen molar-refractivity contribution in [2.75, 3.05) is 40.0 Å². The first-order chi connectivity index (χ1) is 6.72. The highest BCUT2D eigenvalue weighted by molar-refractivity contribution is 5.77. The maximum absolute atomic E-state index is 11.4. The Hall–Kier alpha value is -0.610. The van der Waals surface area contributed by atoms with Crippen molar-refractivity contribution in [2.24, 2.45) is 0 Å². The van der Waals surface area contributed by atoms with Gasteiger partial charge in [0.1, 0.15) is 6.61 Å². The molecular weight excluding hydrogens is 182 g/mol. The van der Waals surface area contributed by atoms with Crippen LogP contribution in [0.25, 0.3) is 0 Å². The lowest BCUT2D eigenvalue weighted by Crippen LogP contribution is -2.33. The Kier molecular flexibility index (Phi) is 8.57. The van der Waals surface area contributed by atoms with E-state index in [9.17, 15) is 4.79 Å². The van der Waals surface area contributed by atoms with E-state index in [1.54, 1.807) is 11.9 Å². The van der Waals surface area contributed by atoms with Crippen LogP contribution in [0.4, 0.5) is 0 Å². The monoisotopic (exact) mass is 203 g/mol. The van der Waals surface area contributed by atoms with Gasteiger partial charge in [0.05, 0.1) is 6.61 Å². The van der Waals surface area contributed by atoms with Gasteiger partial charge < -0.3 is 14.4 Å². The first-order valence-corrected chi connectivity index (χ1v) is 5.11. The topological polar surface area (TPSA) is 38.8 Å². The van der Waals surface area contributed by atoms with Gasteiger partial charge in [-0.15, -0.1) is 0 Å². The van der Waals surface area contributed by atoms with E-state index < -0.39 is 0 Å². The van der Waals surface area contributed by atoms with Gasteiger partial charge in [-0.1, -0.05) is 6.92 Å². The third-order valence-electron chi connectivity index (χ3n) is 1.77. The second-order valence-corrected chi connectivity index (χ2v) is 3.06. The molecule has 0 spiro atoms. The number of carbonyl (C=O) groups excluding carboxylic acids is 1. The zero-order chi connectivity index (χ0) is 10.8. The molecule has 0 heterocycles. The largest absolute Gasteiger partial charge is 0.380 e. The summed E-state index contributed by atoms with van der Waals surface area (Å²) in [6, 6.07) is 0. The second kappa shape index (κ2) is 8.97. The van der Waals surface area contributed by atoms with Crippen molar-refractivity contribution < 1.29 is 14.3 Å². The standard InChI is InChI=1S/C10H21NO3/c1-4-7-14-9-10(12)11(3)6-8-13-5-2/h4-9H2,1-3H3. The van der Waals surface area contributed by atoms with Crippen molar-refractivity contribution in [1.82, 2.24) is 4.90 Å². The minimum atomic E-state index is 0.0122. The molecule has 0 atom stereocenters. The van der Waals surface area contributed by atoms with Gasteiger partial charge >= 0.3 is 0 Å². The van der Waals surface area contributed by atoms with Gasteiger partial charge in [-0.25, -0.2) is 0 Å². The molecule has 0 N–H and O–H groups in total. The van der Waals surface area contributed by atoms with Gasteiger partial charge in [0.15, 0.2) is 0 Å². The lowest BCUT2D eigenvalue weighted by atomic mass is 10.5. The van der Waals surface area contributed by atoms with Crippen LogP contribution in [0.3, 0.4) is 0 Å². The van der Waals surface area contributed by atoms with Gasteiger partial charge in [-0.2, -0.15) is 0 Å². The molecule has 0 bridgehead atoms. The third-order valence-corrected chi connectivity index (χ3v) is 1.77. The molecule has 0 aromatic heterocycles. The fourth-order valence-corrected chi connectivity index (χ4v) is 0.885. The van der Waals surface area contributed by atoms with Crippen LogP contribution in [-0.4, -0.2) is 50.8 Å². The Morgan fingerprint density at radius 2 is 1.93 bits per heavy atom. The highest BCUT2D eigenvalue weighted by atomic mass is 16.5. The van der Waals surface area contributed by atoms with Gasteiger partial charge in [0.2, 0.25) is 5.91 Å². The van der Waals surface area contributed by atoms with E-state index in [0.717, 1.165) is 6.42 Å². The van der Waals surface area contributed by atoms with E-state index in [1.807, 2.05) is 13.8 Å². The third kappa shape index (κ3) is 6.86. The van der Waals surface area contributed by atoms with Crippen LogP contribution in [0.15, 0.2) is 0 Å². The average molecular weight is 203 g/mol. The summed E-state index contributed by atoms with van der Waals surface area (Å²) in [4.78, 5) is 13.0. The Labute approximate surface area is 86.2 Å². The summed E-state index contributed by atoms with van der Waals surface area (Å²) in [5.74, 6) is 0.0122. The zero-order valence-electron chi connectivity index (χ0n) is 9.41. The Bertz CT molecular complexity index is 150. The van der Waals surface area contributed by atoms with E-state index >= 15 is 0 Å². The van der Waals surface area contributed by atoms with Crippen LogP contribution in [-0.2, 0) is 14.3 Å². The average Bonchev–Trinajstić information content (AvgIpc) is 2.18. The molecular formula is C10H21NO3. The number of nitrogens with zero attached hydrogens (tertiary/aromatic N) is 1. The van der Waals surface area contributed by atoms with E-state index in [0.29, 0.717) is 26.4 Å². The van der Waals surface area contributed by atoms with Crippen LogP contribution in [0.5, 0.6) is 0 Å². The highest BCUT2D eigenvalue weighted by Crippen LogP contribution is 1.88. The number of hydrogen-bond donors (Lipinski definition) is 0. The van der Waals surface area contributed by atoms with Crippen molar-refractivity contribution in [3.8, 4) is 0 Å². The van der Waals surface area contributed by atoms with Crippen molar-refractivity contribution in [2.45, 2.75) is 20.3 Å². The molecule has 0 aliphatic rings. The SMILES string of the molecule is CCCOCC(=O)N(C)CCOCC. The molecule has 0 rings (SSSR count). The summed E-state index contributed by atoms with van der Waals surface area (Å²) in [5, 5.41) is 0. The van der Waals surface area contributed by atoms with Crippen molar-refractivity contribution in [3.63, 3.8) is 0 Å². The van der Waals surface area contributed by atoms with E-state index in [-0.39, 0.29) is 12.5 Å². The van der Waals surface area contributed by atoms with Crippen LogP contribution in [0.2, 0.25) is 0 Å². The summed E-state index contributed by atoms with van der Waals surface area (Å²) >= 11 is 0. The van der Waals surface area contributed by atoms with Crippen LogP contribution in [0, 0.1) is 0 Å². The summed E-state index contributed by atoms with van der Waals surface area (Å²) in [6.45, 7) is 6.68. The van der Waals surface area contributed by atoms with Gasteiger partial charge in [-0.3, -0.25) is 4.79 Å². The normalized spacial score (nSPS) is 10.2. The minimum Gasteiger partial charge on any atom is -0.380 e. The Morgan fingerprint density at radius 1 is 1.21 bits per heavy atom.